The lowest BCUT2D eigenvalue weighted by molar-refractivity contribution is 0.252. The first-order valence-corrected chi connectivity index (χ1v) is 8.20. The fourth-order valence-corrected chi connectivity index (χ4v) is 2.87. The summed E-state index contributed by atoms with van der Waals surface area (Å²) in [6.07, 6.45) is 3.16. The van der Waals surface area contributed by atoms with Gasteiger partial charge in [-0.1, -0.05) is 51.4 Å². The van der Waals surface area contributed by atoms with Gasteiger partial charge in [-0.2, -0.15) is 0 Å². The Hall–Kier alpha value is -0.990. The molecule has 2 aromatic rings. The summed E-state index contributed by atoms with van der Waals surface area (Å²) in [5.41, 5.74) is 1.06. The summed E-state index contributed by atoms with van der Waals surface area (Å²) >= 11 is 6.17. The summed E-state index contributed by atoms with van der Waals surface area (Å²) < 4.78 is 5.91. The predicted molar refractivity (Wildman–Crippen MR) is 91.1 cm³/mol. The van der Waals surface area contributed by atoms with Crippen molar-refractivity contribution in [1.29, 1.82) is 0 Å². The number of rotatable bonds is 6. The molecule has 3 heteroatoms. The first-order chi connectivity index (χ1) is 9.91. The Labute approximate surface area is 132 Å². The maximum Gasteiger partial charge on any atom is 0.152 e. The van der Waals surface area contributed by atoms with Gasteiger partial charge in [-0.15, -0.1) is 0 Å². The zero-order valence-electron chi connectivity index (χ0n) is 13.5. The van der Waals surface area contributed by atoms with Crippen molar-refractivity contribution in [1.82, 2.24) is 5.32 Å². The summed E-state index contributed by atoms with van der Waals surface area (Å²) in [5.74, 6) is 1.02. The normalized spacial score (nSPS) is 13.8. The fraction of sp³-hybridized carbons (Fsp3) is 0.556. The zero-order chi connectivity index (χ0) is 15.5. The molecule has 0 amide bonds. The number of aryl methyl sites for hydroxylation is 1. The van der Waals surface area contributed by atoms with Crippen LogP contribution in [0.15, 0.2) is 28.7 Å². The zero-order valence-corrected chi connectivity index (χ0v) is 14.3. The molecule has 0 aliphatic rings. The van der Waals surface area contributed by atoms with E-state index in [0.29, 0.717) is 11.1 Å². The second-order valence-corrected chi connectivity index (χ2v) is 7.19. The maximum atomic E-state index is 6.17. The molecule has 0 saturated heterocycles. The first kappa shape index (κ1) is 16.4. The van der Waals surface area contributed by atoms with E-state index in [0.717, 1.165) is 42.5 Å². The highest BCUT2D eigenvalue weighted by molar-refractivity contribution is 6.34. The van der Waals surface area contributed by atoms with Crippen LogP contribution in [0.1, 0.15) is 46.3 Å². The van der Waals surface area contributed by atoms with Gasteiger partial charge in [0.1, 0.15) is 5.76 Å². The monoisotopic (exact) mass is 307 g/mol. The van der Waals surface area contributed by atoms with Gasteiger partial charge in [0.15, 0.2) is 5.58 Å². The molecule has 2 nitrogen and oxygen atoms in total. The van der Waals surface area contributed by atoms with Crippen molar-refractivity contribution in [3.63, 3.8) is 0 Å². The van der Waals surface area contributed by atoms with Crippen molar-refractivity contribution in [3.05, 3.63) is 35.0 Å². The van der Waals surface area contributed by atoms with Crippen molar-refractivity contribution in [2.45, 2.75) is 53.0 Å². The molecule has 0 saturated carbocycles. The Morgan fingerprint density at radius 2 is 2.05 bits per heavy atom. The minimum atomic E-state index is 0.249. The lowest BCUT2D eigenvalue weighted by Crippen LogP contribution is -2.41. The number of furan rings is 1. The smallest absolute Gasteiger partial charge is 0.152 e. The van der Waals surface area contributed by atoms with Crippen LogP contribution in [0.3, 0.4) is 0 Å². The molecule has 0 radical (unpaired) electrons. The number of benzene rings is 1. The first-order valence-electron chi connectivity index (χ1n) is 7.82. The third kappa shape index (κ3) is 4.24. The topological polar surface area (TPSA) is 25.2 Å². The molecule has 0 fully saturated rings. The molecule has 116 valence electrons. The molecular weight excluding hydrogens is 282 g/mol. The lowest BCUT2D eigenvalue weighted by atomic mass is 9.83. The highest BCUT2D eigenvalue weighted by Crippen LogP contribution is 2.29. The van der Waals surface area contributed by atoms with Gasteiger partial charge >= 0.3 is 0 Å². The largest absolute Gasteiger partial charge is 0.460 e. The van der Waals surface area contributed by atoms with E-state index in [2.05, 4.69) is 39.1 Å². The van der Waals surface area contributed by atoms with Gasteiger partial charge < -0.3 is 9.73 Å². The number of para-hydroxylation sites is 1. The van der Waals surface area contributed by atoms with E-state index >= 15 is 0 Å². The number of nitrogens with one attached hydrogen (secondary N) is 1. The van der Waals surface area contributed by atoms with E-state index in [4.69, 9.17) is 16.0 Å². The molecular formula is C18H26ClNO. The molecule has 1 N–H and O–H groups in total. The molecule has 21 heavy (non-hydrogen) atoms. The Kier molecular flexibility index (Phi) is 5.34. The van der Waals surface area contributed by atoms with Gasteiger partial charge in [0.2, 0.25) is 0 Å². The average Bonchev–Trinajstić information content (AvgIpc) is 2.81. The molecule has 1 aromatic carbocycles. The molecule has 0 bridgehead atoms. The molecule has 1 aromatic heterocycles. The van der Waals surface area contributed by atoms with Crippen LogP contribution >= 0.6 is 11.6 Å². The Morgan fingerprint density at radius 3 is 2.67 bits per heavy atom. The molecule has 1 unspecified atom stereocenters. The summed E-state index contributed by atoms with van der Waals surface area (Å²) in [5, 5.41) is 5.44. The van der Waals surface area contributed by atoms with E-state index in [1.807, 2.05) is 18.2 Å². The van der Waals surface area contributed by atoms with Crippen molar-refractivity contribution < 1.29 is 4.42 Å². The van der Waals surface area contributed by atoms with Crippen molar-refractivity contribution in [3.8, 4) is 0 Å². The second kappa shape index (κ2) is 6.85. The second-order valence-electron chi connectivity index (χ2n) is 6.78. The highest BCUT2D eigenvalue weighted by atomic mass is 35.5. The Balaban J connectivity index is 2.06. The van der Waals surface area contributed by atoms with Crippen LogP contribution < -0.4 is 5.32 Å². The maximum absolute atomic E-state index is 6.17. The lowest BCUT2D eigenvalue weighted by Gasteiger charge is -2.31. The van der Waals surface area contributed by atoms with Crippen molar-refractivity contribution >= 4 is 22.6 Å². The molecule has 1 heterocycles. The minimum absolute atomic E-state index is 0.249. The van der Waals surface area contributed by atoms with Crippen LogP contribution in [-0.4, -0.2) is 12.6 Å². The van der Waals surface area contributed by atoms with E-state index in [-0.39, 0.29) is 5.41 Å². The molecule has 0 spiro atoms. The Morgan fingerprint density at radius 1 is 1.29 bits per heavy atom. The predicted octanol–water partition coefficient (Wildman–Crippen LogP) is 5.43. The quantitative estimate of drug-likeness (QED) is 0.769. The number of hydrogen-bond donors (Lipinski definition) is 1. The molecule has 1 atom stereocenters. The fourth-order valence-electron chi connectivity index (χ4n) is 2.65. The molecule has 2 rings (SSSR count). The third-order valence-corrected chi connectivity index (χ3v) is 4.21. The summed E-state index contributed by atoms with van der Waals surface area (Å²) in [4.78, 5) is 0. The van der Waals surface area contributed by atoms with Crippen LogP contribution in [0.4, 0.5) is 0 Å². The van der Waals surface area contributed by atoms with Crippen LogP contribution in [0.25, 0.3) is 11.0 Å². The average molecular weight is 308 g/mol. The van der Waals surface area contributed by atoms with Gasteiger partial charge in [-0.05, 0) is 36.9 Å². The van der Waals surface area contributed by atoms with Gasteiger partial charge in [-0.3, -0.25) is 0 Å². The summed E-state index contributed by atoms with van der Waals surface area (Å²) in [6.45, 7) is 10.1. The third-order valence-electron chi connectivity index (χ3n) is 3.91. The minimum Gasteiger partial charge on any atom is -0.460 e. The van der Waals surface area contributed by atoms with Crippen LogP contribution in [-0.2, 0) is 6.42 Å². The van der Waals surface area contributed by atoms with Crippen LogP contribution in [0.2, 0.25) is 5.02 Å². The van der Waals surface area contributed by atoms with Crippen LogP contribution in [0.5, 0.6) is 0 Å². The Bertz CT molecular complexity index is 582. The van der Waals surface area contributed by atoms with E-state index in [1.54, 1.807) is 0 Å². The van der Waals surface area contributed by atoms with Crippen LogP contribution in [0, 0.1) is 5.41 Å². The summed E-state index contributed by atoms with van der Waals surface area (Å²) in [7, 11) is 0. The SMILES string of the molecule is CCCNC(CCc1cc2cccc(Cl)c2o1)C(C)(C)C. The van der Waals surface area contributed by atoms with Gasteiger partial charge in [0.25, 0.3) is 0 Å². The van der Waals surface area contributed by atoms with Crippen molar-refractivity contribution in [2.24, 2.45) is 5.41 Å². The number of halogens is 1. The van der Waals surface area contributed by atoms with Gasteiger partial charge in [0, 0.05) is 17.8 Å². The molecule has 0 aliphatic heterocycles. The van der Waals surface area contributed by atoms with E-state index < -0.39 is 0 Å². The summed E-state index contributed by atoms with van der Waals surface area (Å²) in [6, 6.07) is 8.48. The number of hydrogen-bond acceptors (Lipinski definition) is 2. The van der Waals surface area contributed by atoms with E-state index in [1.165, 1.54) is 0 Å². The van der Waals surface area contributed by atoms with E-state index in [9.17, 15) is 0 Å². The standard InChI is InChI=1S/C18H26ClNO/c1-5-11-20-16(18(2,3)4)10-9-14-12-13-7-6-8-15(19)17(13)21-14/h6-8,12,16,20H,5,9-11H2,1-4H3. The number of fused-ring (bicyclic) bond motifs is 1. The highest BCUT2D eigenvalue weighted by Gasteiger charge is 2.24. The van der Waals surface area contributed by atoms with Crippen molar-refractivity contribution in [2.75, 3.05) is 6.54 Å². The van der Waals surface area contributed by atoms with Gasteiger partial charge in [0.05, 0.1) is 5.02 Å². The molecule has 0 aliphatic carbocycles. The van der Waals surface area contributed by atoms with Gasteiger partial charge in [-0.25, -0.2) is 0 Å².